The summed E-state index contributed by atoms with van der Waals surface area (Å²) in [6.07, 6.45) is 1.42. The van der Waals surface area contributed by atoms with E-state index in [2.05, 4.69) is 0 Å². The molecule has 1 aromatic rings. The van der Waals surface area contributed by atoms with Gasteiger partial charge in [-0.05, 0) is 39.7 Å². The van der Waals surface area contributed by atoms with Crippen LogP contribution in [0.1, 0.15) is 54.9 Å². The zero-order valence-corrected chi connectivity index (χ0v) is 12.7. The normalized spacial score (nSPS) is 19.1. The van der Waals surface area contributed by atoms with Crippen LogP contribution >= 0.6 is 11.3 Å². The van der Waals surface area contributed by atoms with Crippen LogP contribution in [0.25, 0.3) is 0 Å². The number of aromatic carboxylic acids is 1. The third-order valence-corrected chi connectivity index (χ3v) is 4.11. The van der Waals surface area contributed by atoms with Crippen molar-refractivity contribution in [2.45, 2.75) is 45.3 Å². The molecule has 2 rings (SSSR count). The van der Waals surface area contributed by atoms with Crippen LogP contribution in [0, 0.1) is 0 Å². The van der Waals surface area contributed by atoms with Gasteiger partial charge in [-0.15, -0.1) is 11.3 Å². The Balaban J connectivity index is 2.14. The predicted molar refractivity (Wildman–Crippen MR) is 76.2 cm³/mol. The monoisotopic (exact) mass is 297 g/mol. The summed E-state index contributed by atoms with van der Waals surface area (Å²) in [6.45, 7) is 6.16. The number of hydrogen-bond acceptors (Lipinski definition) is 4. The number of rotatable bonds is 2. The number of amides is 1. The van der Waals surface area contributed by atoms with Crippen LogP contribution < -0.4 is 0 Å². The largest absolute Gasteiger partial charge is 0.478 e. The Labute approximate surface area is 122 Å². The van der Waals surface area contributed by atoms with Gasteiger partial charge >= 0.3 is 12.1 Å². The molecule has 0 spiro atoms. The molecule has 0 aromatic carbocycles. The fourth-order valence-corrected chi connectivity index (χ4v) is 3.27. The summed E-state index contributed by atoms with van der Waals surface area (Å²) in [4.78, 5) is 25.7. The molecular formula is C14H19NO4S. The first-order valence-corrected chi connectivity index (χ1v) is 7.47. The van der Waals surface area contributed by atoms with Crippen molar-refractivity contribution in [3.63, 3.8) is 0 Å². The molecule has 20 heavy (non-hydrogen) atoms. The Morgan fingerprint density at radius 2 is 2.15 bits per heavy atom. The average Bonchev–Trinajstić information content (AvgIpc) is 2.95. The maximum atomic E-state index is 12.2. The van der Waals surface area contributed by atoms with E-state index in [0.29, 0.717) is 6.54 Å². The lowest BCUT2D eigenvalue weighted by Gasteiger charge is -2.28. The molecule has 1 aromatic heterocycles. The zero-order valence-electron chi connectivity index (χ0n) is 11.9. The van der Waals surface area contributed by atoms with Crippen LogP contribution in [0.2, 0.25) is 0 Å². The molecule has 0 aliphatic carbocycles. The van der Waals surface area contributed by atoms with Gasteiger partial charge in [-0.25, -0.2) is 9.59 Å². The molecule has 5 nitrogen and oxygen atoms in total. The molecule has 1 amide bonds. The Kier molecular flexibility index (Phi) is 4.04. The molecular weight excluding hydrogens is 278 g/mol. The summed E-state index contributed by atoms with van der Waals surface area (Å²) < 4.78 is 5.40. The second-order valence-electron chi connectivity index (χ2n) is 5.87. The van der Waals surface area contributed by atoms with E-state index in [-0.39, 0.29) is 17.7 Å². The van der Waals surface area contributed by atoms with Crippen molar-refractivity contribution in [3.8, 4) is 0 Å². The van der Waals surface area contributed by atoms with Crippen molar-refractivity contribution in [2.75, 3.05) is 6.54 Å². The van der Waals surface area contributed by atoms with E-state index in [1.54, 1.807) is 16.3 Å². The van der Waals surface area contributed by atoms with Gasteiger partial charge in [-0.1, -0.05) is 0 Å². The third kappa shape index (κ3) is 3.30. The van der Waals surface area contributed by atoms with E-state index in [1.807, 2.05) is 20.8 Å². The van der Waals surface area contributed by atoms with Gasteiger partial charge in [0.25, 0.3) is 0 Å². The van der Waals surface area contributed by atoms with Gasteiger partial charge in [-0.2, -0.15) is 0 Å². The first kappa shape index (κ1) is 14.8. The van der Waals surface area contributed by atoms with Gasteiger partial charge < -0.3 is 14.7 Å². The van der Waals surface area contributed by atoms with E-state index in [4.69, 9.17) is 9.84 Å². The highest BCUT2D eigenvalue weighted by Crippen LogP contribution is 2.36. The number of carbonyl (C=O) groups excluding carboxylic acids is 1. The van der Waals surface area contributed by atoms with Crippen LogP contribution in [-0.4, -0.2) is 34.2 Å². The molecule has 1 fully saturated rings. The van der Waals surface area contributed by atoms with Gasteiger partial charge in [-0.3, -0.25) is 0 Å². The van der Waals surface area contributed by atoms with Crippen molar-refractivity contribution >= 4 is 23.4 Å². The molecule has 2 heterocycles. The number of nitrogens with zero attached hydrogens (tertiary/aromatic N) is 1. The summed E-state index contributed by atoms with van der Waals surface area (Å²) in [5.74, 6) is -0.936. The minimum Gasteiger partial charge on any atom is -0.478 e. The quantitative estimate of drug-likeness (QED) is 0.907. The number of ether oxygens (including phenoxy) is 1. The molecule has 110 valence electrons. The molecule has 0 saturated carbocycles. The molecule has 6 heteroatoms. The fourth-order valence-electron chi connectivity index (χ4n) is 2.24. The van der Waals surface area contributed by atoms with Crippen LogP contribution in [-0.2, 0) is 4.74 Å². The highest BCUT2D eigenvalue weighted by molar-refractivity contribution is 7.10. The zero-order chi connectivity index (χ0) is 14.9. The Morgan fingerprint density at radius 3 is 2.70 bits per heavy atom. The number of carbonyl (C=O) groups is 2. The summed E-state index contributed by atoms with van der Waals surface area (Å²) in [6, 6.07) is 1.59. The second-order valence-corrected chi connectivity index (χ2v) is 6.82. The van der Waals surface area contributed by atoms with E-state index >= 15 is 0 Å². The van der Waals surface area contributed by atoms with Crippen molar-refractivity contribution in [1.29, 1.82) is 0 Å². The van der Waals surface area contributed by atoms with E-state index in [9.17, 15) is 9.59 Å². The van der Waals surface area contributed by atoms with Gasteiger partial charge in [0, 0.05) is 16.8 Å². The predicted octanol–water partition coefficient (Wildman–Crippen LogP) is 3.52. The van der Waals surface area contributed by atoms with E-state index in [1.165, 1.54) is 11.3 Å². The summed E-state index contributed by atoms with van der Waals surface area (Å²) >= 11 is 1.38. The van der Waals surface area contributed by atoms with E-state index < -0.39 is 11.6 Å². The maximum absolute atomic E-state index is 12.2. The third-order valence-electron chi connectivity index (χ3n) is 3.08. The molecule has 1 atom stereocenters. The number of hydrogen-bond donors (Lipinski definition) is 1. The standard InChI is InChI=1S/C14H19NO4S/c1-14(2,3)19-13(18)15-6-4-5-10(15)11-7-9(8-20-11)12(16)17/h7-8,10H,4-6H2,1-3H3,(H,16,17)/t10-/m0/s1. The topological polar surface area (TPSA) is 66.8 Å². The molecule has 0 radical (unpaired) electrons. The van der Waals surface area contributed by atoms with Gasteiger partial charge in [0.2, 0.25) is 0 Å². The van der Waals surface area contributed by atoms with Gasteiger partial charge in [0.15, 0.2) is 0 Å². The van der Waals surface area contributed by atoms with Gasteiger partial charge in [0.05, 0.1) is 11.6 Å². The maximum Gasteiger partial charge on any atom is 0.410 e. The second kappa shape index (κ2) is 5.44. The summed E-state index contributed by atoms with van der Waals surface area (Å²) in [5.41, 5.74) is -0.243. The van der Waals surface area contributed by atoms with Crippen LogP contribution in [0.5, 0.6) is 0 Å². The van der Waals surface area contributed by atoms with Crippen molar-refractivity contribution < 1.29 is 19.4 Å². The lowest BCUT2D eigenvalue weighted by Crippen LogP contribution is -2.36. The lowest BCUT2D eigenvalue weighted by molar-refractivity contribution is 0.0227. The average molecular weight is 297 g/mol. The molecule has 0 bridgehead atoms. The number of carboxylic acid groups (broad SMARTS) is 1. The Morgan fingerprint density at radius 1 is 1.45 bits per heavy atom. The van der Waals surface area contributed by atoms with E-state index in [0.717, 1.165) is 17.7 Å². The molecule has 1 aliphatic rings. The minimum absolute atomic E-state index is 0.0667. The number of carboxylic acids is 1. The lowest BCUT2D eigenvalue weighted by atomic mass is 10.1. The Bertz CT molecular complexity index is 517. The molecule has 1 N–H and O–H groups in total. The Hall–Kier alpha value is -1.56. The molecule has 1 saturated heterocycles. The van der Waals surface area contributed by atoms with Crippen molar-refractivity contribution in [2.24, 2.45) is 0 Å². The van der Waals surface area contributed by atoms with Crippen LogP contribution in [0.4, 0.5) is 4.79 Å². The van der Waals surface area contributed by atoms with Crippen LogP contribution in [0.3, 0.4) is 0 Å². The number of likely N-dealkylation sites (tertiary alicyclic amines) is 1. The summed E-state index contributed by atoms with van der Waals surface area (Å²) in [5, 5.41) is 10.6. The SMILES string of the molecule is CC(C)(C)OC(=O)N1CCC[C@H]1c1cc(C(=O)O)cs1. The first-order valence-electron chi connectivity index (χ1n) is 6.59. The first-order chi connectivity index (χ1) is 9.28. The fraction of sp³-hybridized carbons (Fsp3) is 0.571. The summed E-state index contributed by atoms with van der Waals surface area (Å²) in [7, 11) is 0. The van der Waals surface area contributed by atoms with Gasteiger partial charge in [0.1, 0.15) is 5.60 Å². The number of thiophene rings is 1. The highest BCUT2D eigenvalue weighted by atomic mass is 32.1. The minimum atomic E-state index is -0.936. The van der Waals surface area contributed by atoms with Crippen molar-refractivity contribution in [3.05, 3.63) is 21.9 Å². The highest BCUT2D eigenvalue weighted by Gasteiger charge is 2.34. The smallest absolute Gasteiger partial charge is 0.410 e. The van der Waals surface area contributed by atoms with Crippen LogP contribution in [0.15, 0.2) is 11.4 Å². The molecule has 0 unspecified atom stereocenters. The van der Waals surface area contributed by atoms with Crippen molar-refractivity contribution in [1.82, 2.24) is 4.90 Å². The molecule has 1 aliphatic heterocycles.